The van der Waals surface area contributed by atoms with E-state index in [4.69, 9.17) is 40.2 Å². The quantitative estimate of drug-likeness (QED) is 0.0868. The van der Waals surface area contributed by atoms with Gasteiger partial charge in [-0.25, -0.2) is 24.1 Å². The minimum Gasteiger partial charge on any atom is -0.481 e. The number of primary amides is 1. The van der Waals surface area contributed by atoms with Crippen molar-refractivity contribution in [3.05, 3.63) is 36.7 Å². The molecule has 12 N–H and O–H groups in total. The number of nitrogens with zero attached hydrogens (tertiary/aromatic N) is 5. The van der Waals surface area contributed by atoms with Crippen LogP contribution in [-0.2, 0) is 46.3 Å². The molecule has 0 spiro atoms. The number of carbonyl (C=O) groups is 3. The maximum Gasteiger partial charge on any atom is 0.481 e. The van der Waals surface area contributed by atoms with Crippen LogP contribution in [0.1, 0.15) is 25.5 Å². The summed E-state index contributed by atoms with van der Waals surface area (Å²) in [6.45, 7) is -1.79. The molecule has 2 unspecified atom stereocenters. The lowest BCUT2D eigenvalue weighted by Crippen LogP contribution is -2.40. The lowest BCUT2D eigenvalue weighted by Gasteiger charge is -2.28. The number of phosphoric ester groups is 2. The van der Waals surface area contributed by atoms with E-state index in [2.05, 4.69) is 19.3 Å². The van der Waals surface area contributed by atoms with Crippen LogP contribution in [0.2, 0.25) is 0 Å². The molecule has 5 rings (SSSR count). The van der Waals surface area contributed by atoms with Crippen molar-refractivity contribution in [2.24, 2.45) is 5.73 Å². The smallest absolute Gasteiger partial charge is 0.481 e. The Morgan fingerprint density at radius 2 is 1.40 bits per heavy atom. The molecule has 0 saturated carbocycles. The molecule has 0 bridgehead atoms. The third-order valence-corrected chi connectivity index (χ3v) is 10.0. The summed E-state index contributed by atoms with van der Waals surface area (Å²) in [5.74, 6) is -2.81. The number of nitrogen functional groups attached to an aromatic ring is 1. The van der Waals surface area contributed by atoms with E-state index in [9.17, 15) is 53.7 Å². The number of rotatable bonds is 14. The summed E-state index contributed by atoms with van der Waals surface area (Å²) >= 11 is 0. The number of anilines is 1. The highest BCUT2D eigenvalue weighted by Gasteiger charge is 2.48. The van der Waals surface area contributed by atoms with Gasteiger partial charge in [0.05, 0.1) is 32.4 Å². The molecule has 27 heteroatoms. The average Bonchev–Trinajstić information content (AvgIpc) is 3.72. The number of ether oxygens (including phenoxy) is 2. The van der Waals surface area contributed by atoms with Crippen LogP contribution >= 0.6 is 15.6 Å². The lowest BCUT2D eigenvalue weighted by atomic mass is 10.1. The highest BCUT2D eigenvalue weighted by Crippen LogP contribution is 2.60. The number of amides is 1. The van der Waals surface area contributed by atoms with E-state index in [1.165, 1.54) is 28.2 Å². The van der Waals surface area contributed by atoms with Crippen molar-refractivity contribution in [2.45, 2.75) is 68.3 Å². The topological polar surface area (TPSA) is 392 Å². The summed E-state index contributed by atoms with van der Waals surface area (Å²) in [5.41, 5.74) is 11.6. The number of fused-ring (bicyclic) bond motifs is 1. The van der Waals surface area contributed by atoms with Crippen LogP contribution < -0.4 is 11.5 Å². The minimum atomic E-state index is -5.37. The molecule has 52 heavy (non-hydrogen) atoms. The number of hydrogen-bond donors (Lipinski definition) is 10. The Bertz CT molecular complexity index is 1780. The number of hydrogen-bond acceptors (Lipinski definition) is 19. The normalized spacial score (nSPS) is 29.5. The maximum atomic E-state index is 12.4. The molecule has 25 nitrogen and oxygen atoms in total. The highest BCUT2D eigenvalue weighted by molar-refractivity contribution is 7.61. The van der Waals surface area contributed by atoms with Crippen molar-refractivity contribution >= 4 is 50.5 Å². The van der Waals surface area contributed by atoms with Gasteiger partial charge in [-0.2, -0.15) is 4.31 Å². The monoisotopic (exact) mass is 783 g/mol. The van der Waals surface area contributed by atoms with Gasteiger partial charge >= 0.3 is 27.6 Å². The summed E-state index contributed by atoms with van der Waals surface area (Å²) in [5, 5.41) is 57.4. The van der Waals surface area contributed by atoms with Crippen LogP contribution in [0.3, 0.4) is 0 Å². The Hall–Kier alpha value is -3.94. The van der Waals surface area contributed by atoms with Gasteiger partial charge in [-0.3, -0.25) is 28.0 Å². The molecule has 5 heterocycles. The first-order chi connectivity index (χ1) is 24.3. The SMILES string of the molecule is NC(=O)C1=CN([C@@H]2O[C@H](COP(=O)(O)OP(=O)(O)OC[C@H]3O[C@@H](n4cnc5c(N)ncnc54)[C@H](O)[C@@H]3O)[C@@H](O)[C@H]2O)C=CC1.O=C(O)CCC(=O)O. The van der Waals surface area contributed by atoms with E-state index in [0.29, 0.717) is 0 Å². The zero-order valence-corrected chi connectivity index (χ0v) is 28.3. The van der Waals surface area contributed by atoms with Gasteiger partial charge in [-0.15, -0.1) is 0 Å². The van der Waals surface area contributed by atoms with E-state index in [-0.39, 0.29) is 41.8 Å². The van der Waals surface area contributed by atoms with Crippen molar-refractivity contribution in [2.75, 3.05) is 18.9 Å². The van der Waals surface area contributed by atoms with E-state index in [0.717, 1.165) is 6.33 Å². The predicted molar refractivity (Wildman–Crippen MR) is 166 cm³/mol. The Morgan fingerprint density at radius 1 is 0.865 bits per heavy atom. The van der Waals surface area contributed by atoms with Crippen LogP contribution in [0.5, 0.6) is 0 Å². The molecule has 2 aromatic heterocycles. The Kier molecular flexibility index (Phi) is 13.2. The molecule has 1 amide bonds. The van der Waals surface area contributed by atoms with Gasteiger partial charge in [0.15, 0.2) is 23.9 Å². The number of aliphatic hydroxyl groups is 4. The van der Waals surface area contributed by atoms with Crippen molar-refractivity contribution in [1.29, 1.82) is 0 Å². The molecule has 288 valence electrons. The third kappa shape index (κ3) is 10.1. The summed E-state index contributed by atoms with van der Waals surface area (Å²) in [7, 11) is -10.7. The summed E-state index contributed by atoms with van der Waals surface area (Å²) in [6.07, 6.45) is -5.47. The number of phosphoric acid groups is 2. The molecular formula is C25H35N7O18P2. The summed E-state index contributed by atoms with van der Waals surface area (Å²) < 4.78 is 50.8. The van der Waals surface area contributed by atoms with Crippen LogP contribution in [0.25, 0.3) is 11.2 Å². The molecule has 10 atom stereocenters. The standard InChI is InChI=1S/C21H29N7O14P2.C4H6O4/c22-17-12-19(25-7-24-17)28(8-26-12)21-16(32)14(30)11(41-21)6-39-44(36,37)42-43(34,35)38-5-10-13(29)15(31)20(40-10)27-3-1-2-9(4-27)18(23)33;5-3(6)1-2-4(7)8/h1,3-4,7-8,10-11,13-16,20-21,29-32H,2,5-6H2,(H2,23,33)(H,34,35)(H,36,37)(H2,22,24,25);1-2H2,(H,5,6)(H,7,8)/t10-,11-,13-,14-,15-,16-,20-,21-;/m1./s1. The van der Waals surface area contributed by atoms with Crippen molar-refractivity contribution in [1.82, 2.24) is 24.4 Å². The van der Waals surface area contributed by atoms with Crippen LogP contribution in [-0.4, -0.2) is 139 Å². The van der Waals surface area contributed by atoms with Crippen molar-refractivity contribution < 1.29 is 86.8 Å². The number of imidazole rings is 1. The van der Waals surface area contributed by atoms with E-state index in [1.54, 1.807) is 6.08 Å². The van der Waals surface area contributed by atoms with Gasteiger partial charge < -0.3 is 66.3 Å². The first-order valence-corrected chi connectivity index (χ1v) is 17.8. The van der Waals surface area contributed by atoms with Crippen LogP contribution in [0.4, 0.5) is 5.82 Å². The number of aliphatic hydroxyl groups excluding tert-OH is 4. The molecule has 0 aromatic carbocycles. The van der Waals surface area contributed by atoms with Crippen LogP contribution in [0, 0.1) is 0 Å². The zero-order chi connectivity index (χ0) is 38.5. The summed E-state index contributed by atoms with van der Waals surface area (Å²) in [6, 6.07) is 0. The molecule has 0 radical (unpaired) electrons. The Morgan fingerprint density at radius 3 is 1.94 bits per heavy atom. The first kappa shape index (κ1) is 40.8. The number of carboxylic acid groups (broad SMARTS) is 2. The zero-order valence-electron chi connectivity index (χ0n) is 26.5. The third-order valence-electron chi connectivity index (χ3n) is 7.43. The van der Waals surface area contributed by atoms with Gasteiger partial charge in [0.1, 0.15) is 48.5 Å². The van der Waals surface area contributed by atoms with Gasteiger partial charge in [0, 0.05) is 18.0 Å². The largest absolute Gasteiger partial charge is 0.481 e. The fourth-order valence-corrected chi connectivity index (χ4v) is 6.98. The molecule has 0 aliphatic carbocycles. The molecule has 2 fully saturated rings. The average molecular weight is 784 g/mol. The fourth-order valence-electron chi connectivity index (χ4n) is 4.89. The van der Waals surface area contributed by atoms with Crippen LogP contribution in [0.15, 0.2) is 36.7 Å². The number of allylic oxidation sites excluding steroid dienone is 1. The van der Waals surface area contributed by atoms with Crippen molar-refractivity contribution in [3.63, 3.8) is 0 Å². The lowest BCUT2D eigenvalue weighted by molar-refractivity contribution is -0.143. The van der Waals surface area contributed by atoms with E-state index >= 15 is 0 Å². The van der Waals surface area contributed by atoms with Gasteiger partial charge in [-0.05, 0) is 6.42 Å². The maximum absolute atomic E-state index is 12.4. The van der Waals surface area contributed by atoms with Gasteiger partial charge in [0.2, 0.25) is 5.91 Å². The minimum absolute atomic E-state index is 0.0517. The first-order valence-electron chi connectivity index (χ1n) is 14.8. The molecule has 2 aromatic rings. The second kappa shape index (κ2) is 16.8. The van der Waals surface area contributed by atoms with E-state index < -0.39 is 95.8 Å². The number of carbonyl (C=O) groups excluding carboxylic acids is 1. The van der Waals surface area contributed by atoms with Crippen molar-refractivity contribution in [3.8, 4) is 0 Å². The second-order valence-corrected chi connectivity index (χ2v) is 14.2. The number of nitrogens with two attached hydrogens (primary N) is 2. The molecular weight excluding hydrogens is 748 g/mol. The van der Waals surface area contributed by atoms with Gasteiger partial charge in [0.25, 0.3) is 0 Å². The number of aliphatic carboxylic acids is 2. The molecule has 3 aliphatic rings. The fraction of sp³-hybridized carbons (Fsp3) is 0.520. The number of carboxylic acids is 2. The second-order valence-electron chi connectivity index (χ2n) is 11.1. The number of aromatic nitrogens is 4. The molecule has 3 aliphatic heterocycles. The van der Waals surface area contributed by atoms with E-state index in [1.807, 2.05) is 0 Å². The predicted octanol–water partition coefficient (Wildman–Crippen LogP) is -2.75. The Labute approximate surface area is 291 Å². The highest BCUT2D eigenvalue weighted by atomic mass is 31.3. The molecule has 2 saturated heterocycles. The Balaban J connectivity index is 0.000000677. The van der Waals surface area contributed by atoms with Gasteiger partial charge in [-0.1, -0.05) is 6.08 Å². The summed E-state index contributed by atoms with van der Waals surface area (Å²) in [4.78, 5) is 63.9.